The minimum absolute atomic E-state index is 0.127. The van der Waals surface area contributed by atoms with Crippen molar-refractivity contribution in [1.82, 2.24) is 0 Å². The second kappa shape index (κ2) is 8.32. The molecule has 0 aliphatic rings. The summed E-state index contributed by atoms with van der Waals surface area (Å²) in [6.07, 6.45) is -13.9. The third-order valence-corrected chi connectivity index (χ3v) is 4.12. The van der Waals surface area contributed by atoms with E-state index in [1.54, 1.807) is 0 Å². The molecule has 0 aromatic heterocycles. The Labute approximate surface area is 163 Å². The van der Waals surface area contributed by atoms with Crippen LogP contribution in [0, 0.1) is 30.2 Å². The van der Waals surface area contributed by atoms with Crippen LogP contribution in [-0.2, 0) is 12.7 Å². The van der Waals surface area contributed by atoms with Gasteiger partial charge in [-0.15, -0.1) is 0 Å². The number of benzene rings is 2. The van der Waals surface area contributed by atoms with Crippen molar-refractivity contribution in [2.45, 2.75) is 31.9 Å². The Hall–Kier alpha value is -2.50. The van der Waals surface area contributed by atoms with Crippen molar-refractivity contribution in [3.63, 3.8) is 0 Å². The van der Waals surface area contributed by atoms with Gasteiger partial charge in [-0.1, -0.05) is 12.1 Å². The normalized spacial score (nSPS) is 13.5. The number of hydrogen-bond donors (Lipinski definition) is 1. The van der Waals surface area contributed by atoms with Gasteiger partial charge in [0.15, 0.2) is 29.4 Å². The molecule has 0 radical (unpaired) electrons. The fourth-order valence-corrected chi connectivity index (χ4v) is 2.65. The first-order valence-electron chi connectivity index (χ1n) is 8.13. The van der Waals surface area contributed by atoms with Crippen LogP contribution in [0.2, 0.25) is 0 Å². The zero-order valence-corrected chi connectivity index (χ0v) is 15.0. The van der Waals surface area contributed by atoms with Gasteiger partial charge in [-0.2, -0.15) is 26.3 Å². The highest BCUT2D eigenvalue weighted by Gasteiger charge is 2.43. The maximum absolute atomic E-state index is 14.2. The van der Waals surface area contributed by atoms with Crippen LogP contribution >= 0.6 is 0 Å². The van der Waals surface area contributed by atoms with Gasteiger partial charge in [0.1, 0.15) is 5.56 Å². The maximum atomic E-state index is 14.2. The minimum atomic E-state index is -5.75. The summed E-state index contributed by atoms with van der Waals surface area (Å²) >= 11 is 0. The zero-order valence-electron chi connectivity index (χ0n) is 15.0. The first-order valence-corrected chi connectivity index (χ1v) is 8.13. The monoisotopic (exact) mass is 449 g/mol. The first kappa shape index (κ1) is 23.8. The van der Waals surface area contributed by atoms with E-state index in [0.717, 1.165) is 0 Å². The van der Waals surface area contributed by atoms with Gasteiger partial charge in [-0.3, -0.25) is 0 Å². The number of hydrogen-bond acceptors (Lipinski definition) is 2. The lowest BCUT2D eigenvalue weighted by Gasteiger charge is -2.29. The van der Waals surface area contributed by atoms with Gasteiger partial charge in [0.05, 0.1) is 6.54 Å². The van der Waals surface area contributed by atoms with E-state index in [1.807, 2.05) is 0 Å². The van der Waals surface area contributed by atoms with Crippen molar-refractivity contribution >= 4 is 5.69 Å². The number of nitrogens with zero attached hydrogens (tertiary/aromatic N) is 1. The van der Waals surface area contributed by atoms with Crippen molar-refractivity contribution in [2.75, 3.05) is 11.4 Å². The van der Waals surface area contributed by atoms with E-state index >= 15 is 0 Å². The van der Waals surface area contributed by atoms with Crippen LogP contribution in [0.25, 0.3) is 0 Å². The molecule has 0 heterocycles. The number of rotatable bonds is 5. The molecule has 0 aliphatic carbocycles. The molecule has 12 heteroatoms. The van der Waals surface area contributed by atoms with E-state index in [4.69, 9.17) is 0 Å². The van der Waals surface area contributed by atoms with Crippen LogP contribution in [0.3, 0.4) is 0 Å². The molecule has 166 valence electrons. The van der Waals surface area contributed by atoms with Crippen LogP contribution in [0.15, 0.2) is 24.3 Å². The highest BCUT2D eigenvalue weighted by atomic mass is 19.4. The van der Waals surface area contributed by atoms with E-state index in [2.05, 4.69) is 0 Å². The van der Waals surface area contributed by atoms with Gasteiger partial charge in [0, 0.05) is 17.8 Å². The lowest BCUT2D eigenvalue weighted by molar-refractivity contribution is -0.200. The summed E-state index contributed by atoms with van der Waals surface area (Å²) in [5.74, 6) is -10.3. The average Bonchev–Trinajstić information content (AvgIpc) is 2.60. The van der Waals surface area contributed by atoms with Crippen molar-refractivity contribution < 1.29 is 49.0 Å². The third kappa shape index (κ3) is 4.97. The fourth-order valence-electron chi connectivity index (χ4n) is 2.65. The molecule has 2 nitrogen and oxygen atoms in total. The lowest BCUT2D eigenvalue weighted by atomic mass is 10.1. The fraction of sp³-hybridized carbons (Fsp3) is 0.333. The topological polar surface area (TPSA) is 23.5 Å². The Morgan fingerprint density at radius 2 is 1.43 bits per heavy atom. The predicted molar refractivity (Wildman–Crippen MR) is 85.6 cm³/mol. The number of alkyl halides is 6. The quantitative estimate of drug-likeness (QED) is 0.482. The largest absolute Gasteiger partial charge is 0.422 e. The summed E-state index contributed by atoms with van der Waals surface area (Å²) in [7, 11) is 0. The molecule has 0 unspecified atom stereocenters. The number of anilines is 1. The molecule has 30 heavy (non-hydrogen) atoms. The maximum Gasteiger partial charge on any atom is 0.422 e. The molecule has 1 atom stereocenters. The third-order valence-electron chi connectivity index (χ3n) is 4.12. The van der Waals surface area contributed by atoms with Gasteiger partial charge in [-0.05, 0) is 24.6 Å². The molecule has 0 aliphatic heterocycles. The van der Waals surface area contributed by atoms with Crippen LogP contribution < -0.4 is 4.90 Å². The Balaban J connectivity index is 2.58. The molecular weight excluding hydrogens is 436 g/mol. The van der Waals surface area contributed by atoms with Gasteiger partial charge >= 0.3 is 12.4 Å². The Bertz CT molecular complexity index is 893. The van der Waals surface area contributed by atoms with Gasteiger partial charge in [0.2, 0.25) is 0 Å². The SMILES string of the molecule is Cc1cccc(N(Cc2c(F)c(F)c(C(F)(F)F)c(F)c2F)C[C@@H](O)C(F)(F)F)c1. The number of aliphatic hydroxyl groups is 1. The Morgan fingerprint density at radius 1 is 0.900 bits per heavy atom. The average molecular weight is 449 g/mol. The summed E-state index contributed by atoms with van der Waals surface area (Å²) in [5, 5.41) is 9.31. The highest BCUT2D eigenvalue weighted by molar-refractivity contribution is 5.49. The summed E-state index contributed by atoms with van der Waals surface area (Å²) in [4.78, 5) is 0.540. The molecule has 2 aromatic rings. The van der Waals surface area contributed by atoms with Crippen LogP contribution in [0.5, 0.6) is 0 Å². The van der Waals surface area contributed by atoms with E-state index in [-0.39, 0.29) is 5.69 Å². The number of aryl methyl sites for hydroxylation is 1. The van der Waals surface area contributed by atoms with Crippen molar-refractivity contribution in [2.24, 2.45) is 0 Å². The highest BCUT2D eigenvalue weighted by Crippen LogP contribution is 2.37. The van der Waals surface area contributed by atoms with Gasteiger partial charge in [-0.25, -0.2) is 17.6 Å². The number of aliphatic hydroxyl groups excluding tert-OH is 1. The van der Waals surface area contributed by atoms with Crippen LogP contribution in [0.4, 0.5) is 49.6 Å². The van der Waals surface area contributed by atoms with Crippen molar-refractivity contribution in [3.8, 4) is 0 Å². The van der Waals surface area contributed by atoms with Crippen molar-refractivity contribution in [3.05, 3.63) is 64.2 Å². The standard InChI is InChI=1S/C18H13F10NO/c1-8-3-2-4-9(5-8)29(7-11(30)17(23,24)25)6-10-13(19)15(21)12(18(26,27)28)16(22)14(10)20/h2-5,11,30H,6-7H2,1H3/t11-/m1/s1. The molecule has 1 N–H and O–H groups in total. The molecule has 2 aromatic carbocycles. The number of halogens is 10. The predicted octanol–water partition coefficient (Wildman–Crippen LogP) is 5.50. The summed E-state index contributed by atoms with van der Waals surface area (Å²) in [5.41, 5.74) is -4.00. The lowest BCUT2D eigenvalue weighted by Crippen LogP contribution is -2.41. The molecule has 0 saturated carbocycles. The van der Waals surface area contributed by atoms with E-state index in [9.17, 15) is 49.0 Å². The van der Waals surface area contributed by atoms with E-state index in [1.165, 1.54) is 31.2 Å². The molecule has 0 fully saturated rings. The zero-order chi connectivity index (χ0) is 23.0. The van der Waals surface area contributed by atoms with Crippen LogP contribution in [0.1, 0.15) is 16.7 Å². The summed E-state index contributed by atoms with van der Waals surface area (Å²) in [6, 6.07) is 5.29. The minimum Gasteiger partial charge on any atom is -0.382 e. The molecule has 2 rings (SSSR count). The molecule has 0 spiro atoms. The summed E-state index contributed by atoms with van der Waals surface area (Å²) < 4.78 is 132. The smallest absolute Gasteiger partial charge is 0.382 e. The second-order valence-electron chi connectivity index (χ2n) is 6.38. The Kier molecular flexibility index (Phi) is 6.60. The molecule has 0 bridgehead atoms. The van der Waals surface area contributed by atoms with E-state index < -0.39 is 65.9 Å². The van der Waals surface area contributed by atoms with E-state index in [0.29, 0.717) is 10.5 Å². The van der Waals surface area contributed by atoms with Crippen LogP contribution in [-0.4, -0.2) is 23.9 Å². The van der Waals surface area contributed by atoms with Gasteiger partial charge in [0.25, 0.3) is 0 Å². The van der Waals surface area contributed by atoms with Gasteiger partial charge < -0.3 is 10.0 Å². The van der Waals surface area contributed by atoms with Crippen molar-refractivity contribution in [1.29, 1.82) is 0 Å². The molecule has 0 saturated heterocycles. The first-order chi connectivity index (χ1) is 13.6. The second-order valence-corrected chi connectivity index (χ2v) is 6.38. The molecule has 0 amide bonds. The molecular formula is C18H13F10NO. The summed E-state index contributed by atoms with van der Waals surface area (Å²) in [6.45, 7) is -1.09. The Morgan fingerprint density at radius 3 is 1.87 bits per heavy atom.